The van der Waals surface area contributed by atoms with Gasteiger partial charge in [-0.25, -0.2) is 4.79 Å². The predicted octanol–water partition coefficient (Wildman–Crippen LogP) is 5.45. The number of nitrogens with zero attached hydrogens (tertiary/aromatic N) is 2. The number of benzene rings is 1. The largest absolute Gasteiger partial charge is 0.444 e. The molecule has 1 aromatic carbocycles. The second-order valence-corrected chi connectivity index (χ2v) is 11.4. The van der Waals surface area contributed by atoms with Gasteiger partial charge < -0.3 is 19.3 Å². The fraction of sp³-hybridized carbons (Fsp3) is 0.586. The zero-order valence-corrected chi connectivity index (χ0v) is 21.3. The average molecular weight is 479 g/mol. The molecular formula is C29H38N2O4. The molecule has 0 saturated carbocycles. The monoisotopic (exact) mass is 478 g/mol. The van der Waals surface area contributed by atoms with Crippen LogP contribution >= 0.6 is 0 Å². The van der Waals surface area contributed by atoms with Gasteiger partial charge in [-0.3, -0.25) is 4.79 Å². The number of rotatable bonds is 2. The van der Waals surface area contributed by atoms with Gasteiger partial charge in [-0.1, -0.05) is 24.3 Å². The minimum absolute atomic E-state index is 0.110. The summed E-state index contributed by atoms with van der Waals surface area (Å²) in [7, 11) is 0. The summed E-state index contributed by atoms with van der Waals surface area (Å²) in [6, 6.07) is 8.11. The van der Waals surface area contributed by atoms with Crippen LogP contribution in [0.4, 0.5) is 4.79 Å². The molecule has 2 amide bonds. The molecule has 188 valence electrons. The van der Waals surface area contributed by atoms with E-state index in [1.165, 1.54) is 16.7 Å². The SMILES string of the molecule is CC(C)(C)OC(=O)N1CCC(c2cccc(C(=O)N3CCC4(CC3)OCC3=CCCC=C34)c2)CC1. The van der Waals surface area contributed by atoms with Gasteiger partial charge in [0.05, 0.1) is 12.2 Å². The summed E-state index contributed by atoms with van der Waals surface area (Å²) in [4.78, 5) is 29.6. The number of piperidine rings is 2. The van der Waals surface area contributed by atoms with Crippen molar-refractivity contribution < 1.29 is 19.1 Å². The number of hydrogen-bond donors (Lipinski definition) is 0. The Kier molecular flexibility index (Phi) is 6.51. The van der Waals surface area contributed by atoms with Gasteiger partial charge >= 0.3 is 6.09 Å². The number of fused-ring (bicyclic) bond motifs is 2. The fourth-order valence-corrected chi connectivity index (χ4v) is 5.95. The Bertz CT molecular complexity index is 1040. The quantitative estimate of drug-likeness (QED) is 0.567. The van der Waals surface area contributed by atoms with E-state index in [-0.39, 0.29) is 17.6 Å². The van der Waals surface area contributed by atoms with Gasteiger partial charge in [0, 0.05) is 31.7 Å². The summed E-state index contributed by atoms with van der Waals surface area (Å²) in [5.41, 5.74) is 4.03. The molecule has 3 fully saturated rings. The molecule has 0 bridgehead atoms. The molecule has 1 aliphatic carbocycles. The lowest BCUT2D eigenvalue weighted by Crippen LogP contribution is -2.47. The van der Waals surface area contributed by atoms with Crippen LogP contribution in [-0.2, 0) is 9.47 Å². The third-order valence-corrected chi connectivity index (χ3v) is 7.86. The molecule has 0 radical (unpaired) electrons. The van der Waals surface area contributed by atoms with Crippen molar-refractivity contribution >= 4 is 12.0 Å². The van der Waals surface area contributed by atoms with Gasteiger partial charge in [0.15, 0.2) is 0 Å². The van der Waals surface area contributed by atoms with Crippen molar-refractivity contribution in [2.24, 2.45) is 0 Å². The second kappa shape index (κ2) is 9.45. The van der Waals surface area contributed by atoms with E-state index < -0.39 is 5.60 Å². The second-order valence-electron chi connectivity index (χ2n) is 11.4. The van der Waals surface area contributed by atoms with Gasteiger partial charge in [0.1, 0.15) is 5.60 Å². The molecule has 6 nitrogen and oxygen atoms in total. The number of amides is 2. The summed E-state index contributed by atoms with van der Waals surface area (Å²) in [6.07, 6.45) is 10.1. The molecule has 0 unspecified atom stereocenters. The average Bonchev–Trinajstić information content (AvgIpc) is 3.21. The van der Waals surface area contributed by atoms with Crippen molar-refractivity contribution in [2.45, 2.75) is 76.4 Å². The third kappa shape index (κ3) is 5.04. The van der Waals surface area contributed by atoms with Crippen molar-refractivity contribution in [3.63, 3.8) is 0 Å². The standard InChI is InChI=1S/C29H38N2O4/c1-28(2,3)35-27(33)31-15-11-21(12-16-31)22-8-6-9-23(19-22)26(32)30-17-13-29(14-18-30)25-10-5-4-7-24(25)20-34-29/h6-10,19,21H,4-5,11-18,20H2,1-3H3. The van der Waals surface area contributed by atoms with Crippen LogP contribution in [0.15, 0.2) is 47.6 Å². The van der Waals surface area contributed by atoms with E-state index in [1.54, 1.807) is 4.90 Å². The lowest BCUT2D eigenvalue weighted by molar-refractivity contribution is -0.0191. The highest BCUT2D eigenvalue weighted by molar-refractivity contribution is 5.94. The van der Waals surface area contributed by atoms with Crippen LogP contribution < -0.4 is 0 Å². The van der Waals surface area contributed by atoms with Crippen molar-refractivity contribution in [1.82, 2.24) is 9.80 Å². The molecule has 1 aromatic rings. The molecule has 5 rings (SSSR count). The van der Waals surface area contributed by atoms with E-state index in [4.69, 9.17) is 9.47 Å². The Hall–Kier alpha value is -2.60. The van der Waals surface area contributed by atoms with Crippen LogP contribution in [0.3, 0.4) is 0 Å². The van der Waals surface area contributed by atoms with E-state index in [9.17, 15) is 9.59 Å². The summed E-state index contributed by atoms with van der Waals surface area (Å²) in [6.45, 7) is 9.20. The number of ether oxygens (including phenoxy) is 2. The molecular weight excluding hydrogens is 440 g/mol. The number of carbonyl (C=O) groups excluding carboxylic acids is 2. The highest BCUT2D eigenvalue weighted by atomic mass is 16.6. The molecule has 1 spiro atoms. The van der Waals surface area contributed by atoms with E-state index in [0.717, 1.165) is 57.2 Å². The van der Waals surface area contributed by atoms with Crippen LogP contribution in [0.2, 0.25) is 0 Å². The van der Waals surface area contributed by atoms with E-state index in [1.807, 2.05) is 37.8 Å². The molecule has 0 aromatic heterocycles. The molecule has 4 aliphatic rings. The van der Waals surface area contributed by atoms with E-state index >= 15 is 0 Å². The maximum atomic E-state index is 13.4. The zero-order chi connectivity index (χ0) is 24.6. The van der Waals surface area contributed by atoms with Crippen LogP contribution in [0.5, 0.6) is 0 Å². The minimum atomic E-state index is -0.479. The Morgan fingerprint density at radius 2 is 1.71 bits per heavy atom. The first kappa shape index (κ1) is 24.1. The Morgan fingerprint density at radius 1 is 1.00 bits per heavy atom. The summed E-state index contributed by atoms with van der Waals surface area (Å²) < 4.78 is 11.8. The fourth-order valence-electron chi connectivity index (χ4n) is 5.95. The summed E-state index contributed by atoms with van der Waals surface area (Å²) in [5, 5.41) is 0. The number of carbonyl (C=O) groups is 2. The van der Waals surface area contributed by atoms with Crippen molar-refractivity contribution in [2.75, 3.05) is 32.8 Å². The highest BCUT2D eigenvalue weighted by Crippen LogP contribution is 2.45. The third-order valence-electron chi connectivity index (χ3n) is 7.86. The Labute approximate surface area is 208 Å². The van der Waals surface area contributed by atoms with Crippen LogP contribution in [0.1, 0.15) is 81.1 Å². The van der Waals surface area contributed by atoms with Gasteiger partial charge in [-0.15, -0.1) is 0 Å². The normalized spacial score (nSPS) is 22.5. The van der Waals surface area contributed by atoms with Crippen molar-refractivity contribution in [1.29, 1.82) is 0 Å². The number of hydrogen-bond acceptors (Lipinski definition) is 4. The molecule has 3 heterocycles. The summed E-state index contributed by atoms with van der Waals surface area (Å²) in [5.74, 6) is 0.459. The lowest BCUT2D eigenvalue weighted by atomic mass is 9.80. The smallest absolute Gasteiger partial charge is 0.410 e. The molecule has 0 atom stereocenters. The molecule has 0 N–H and O–H groups in total. The van der Waals surface area contributed by atoms with Crippen molar-refractivity contribution in [3.8, 4) is 0 Å². The van der Waals surface area contributed by atoms with Crippen LogP contribution in [0.25, 0.3) is 0 Å². The first-order valence-corrected chi connectivity index (χ1v) is 13.2. The van der Waals surface area contributed by atoms with Crippen LogP contribution in [0, 0.1) is 0 Å². The molecule has 35 heavy (non-hydrogen) atoms. The zero-order valence-electron chi connectivity index (χ0n) is 21.3. The van der Waals surface area contributed by atoms with E-state index in [2.05, 4.69) is 24.3 Å². The number of allylic oxidation sites excluding steroid dienone is 2. The minimum Gasteiger partial charge on any atom is -0.444 e. The number of likely N-dealkylation sites (tertiary alicyclic amines) is 2. The van der Waals surface area contributed by atoms with Gasteiger partial charge in [0.25, 0.3) is 5.91 Å². The topological polar surface area (TPSA) is 59.1 Å². The molecule has 3 saturated heterocycles. The van der Waals surface area contributed by atoms with E-state index in [0.29, 0.717) is 25.6 Å². The Morgan fingerprint density at radius 3 is 2.43 bits per heavy atom. The molecule has 3 aliphatic heterocycles. The Balaban J connectivity index is 1.19. The first-order valence-electron chi connectivity index (χ1n) is 13.2. The van der Waals surface area contributed by atoms with Crippen molar-refractivity contribution in [3.05, 3.63) is 58.7 Å². The lowest BCUT2D eigenvalue weighted by Gasteiger charge is -2.40. The maximum absolute atomic E-state index is 13.4. The highest BCUT2D eigenvalue weighted by Gasteiger charge is 2.45. The van der Waals surface area contributed by atoms with Crippen LogP contribution in [-0.4, -0.2) is 65.8 Å². The first-order chi connectivity index (χ1) is 16.7. The predicted molar refractivity (Wildman–Crippen MR) is 135 cm³/mol. The van der Waals surface area contributed by atoms with Gasteiger partial charge in [-0.2, -0.15) is 0 Å². The van der Waals surface area contributed by atoms with Gasteiger partial charge in [-0.05, 0) is 94.1 Å². The van der Waals surface area contributed by atoms with Gasteiger partial charge in [0.2, 0.25) is 0 Å². The molecule has 6 heteroatoms. The maximum Gasteiger partial charge on any atom is 0.410 e. The summed E-state index contributed by atoms with van der Waals surface area (Å²) >= 11 is 0.